The number of imidazole rings is 1. The van der Waals surface area contributed by atoms with E-state index < -0.39 is 0 Å². The van der Waals surface area contributed by atoms with Crippen LogP contribution in [-0.4, -0.2) is 27.1 Å². The van der Waals surface area contributed by atoms with Crippen LogP contribution in [0.4, 0.5) is 0 Å². The molecule has 2 aromatic rings. The Balaban J connectivity index is 2.14. The third-order valence-corrected chi connectivity index (χ3v) is 4.11. The predicted octanol–water partition coefficient (Wildman–Crippen LogP) is 2.83. The summed E-state index contributed by atoms with van der Waals surface area (Å²) < 4.78 is 7.58. The van der Waals surface area contributed by atoms with E-state index in [2.05, 4.69) is 24.1 Å². The van der Waals surface area contributed by atoms with Crippen LogP contribution in [0.2, 0.25) is 0 Å². The van der Waals surface area contributed by atoms with Crippen molar-refractivity contribution in [1.29, 1.82) is 0 Å². The molecule has 0 saturated carbocycles. The molecule has 2 heterocycles. The highest BCUT2D eigenvalue weighted by Gasteiger charge is 2.22. The van der Waals surface area contributed by atoms with Gasteiger partial charge in [0.05, 0.1) is 6.26 Å². The topological polar surface area (TPSA) is 43.0 Å². The lowest BCUT2D eigenvalue weighted by molar-refractivity contribution is 0.410. The highest BCUT2D eigenvalue weighted by molar-refractivity contribution is 7.99. The van der Waals surface area contributed by atoms with Gasteiger partial charge >= 0.3 is 0 Å². The van der Waals surface area contributed by atoms with Crippen LogP contribution >= 0.6 is 11.8 Å². The molecule has 1 N–H and O–H groups in total. The number of furan rings is 1. The number of hydrogen-bond donors (Lipinski definition) is 1. The van der Waals surface area contributed by atoms with Gasteiger partial charge in [-0.2, -0.15) is 11.8 Å². The van der Waals surface area contributed by atoms with Gasteiger partial charge in [0.1, 0.15) is 17.6 Å². The number of nitrogens with one attached hydrogen (secondary N) is 1. The Morgan fingerprint density at radius 3 is 2.95 bits per heavy atom. The van der Waals surface area contributed by atoms with Gasteiger partial charge in [0.2, 0.25) is 0 Å². The zero-order chi connectivity index (χ0) is 13.7. The average Bonchev–Trinajstić information content (AvgIpc) is 3.05. The van der Waals surface area contributed by atoms with Crippen molar-refractivity contribution in [3.63, 3.8) is 0 Å². The van der Waals surface area contributed by atoms with Gasteiger partial charge < -0.3 is 8.98 Å². The number of nitrogens with zero attached hydrogens (tertiary/aromatic N) is 2. The summed E-state index contributed by atoms with van der Waals surface area (Å²) in [5, 5.41) is 3.60. The fraction of sp³-hybridized carbons (Fsp3) is 0.500. The van der Waals surface area contributed by atoms with E-state index in [1.807, 2.05) is 47.9 Å². The van der Waals surface area contributed by atoms with Gasteiger partial charge in [-0.25, -0.2) is 4.98 Å². The van der Waals surface area contributed by atoms with E-state index in [9.17, 15) is 0 Å². The summed E-state index contributed by atoms with van der Waals surface area (Å²) in [5.41, 5.74) is 0. The van der Waals surface area contributed by atoms with E-state index >= 15 is 0 Å². The highest BCUT2D eigenvalue weighted by atomic mass is 32.2. The van der Waals surface area contributed by atoms with Crippen LogP contribution in [0, 0.1) is 0 Å². The van der Waals surface area contributed by atoms with E-state index in [0.29, 0.717) is 6.04 Å². The maximum Gasteiger partial charge on any atom is 0.133 e. The molecule has 19 heavy (non-hydrogen) atoms. The Hall–Kier alpha value is -1.20. The molecule has 0 amide bonds. The molecule has 5 heteroatoms. The van der Waals surface area contributed by atoms with Gasteiger partial charge in [0.15, 0.2) is 0 Å². The lowest BCUT2D eigenvalue weighted by Gasteiger charge is -2.21. The molecule has 0 aromatic carbocycles. The highest BCUT2D eigenvalue weighted by Crippen LogP contribution is 2.22. The van der Waals surface area contributed by atoms with Gasteiger partial charge in [-0.15, -0.1) is 0 Å². The Bertz CT molecular complexity index is 481. The summed E-state index contributed by atoms with van der Waals surface area (Å²) in [4.78, 5) is 4.44. The molecule has 0 aliphatic rings. The first-order valence-electron chi connectivity index (χ1n) is 6.56. The number of hydrogen-bond acceptors (Lipinski definition) is 4. The fourth-order valence-corrected chi connectivity index (χ4v) is 2.71. The van der Waals surface area contributed by atoms with Crippen LogP contribution in [0.15, 0.2) is 35.2 Å². The van der Waals surface area contributed by atoms with E-state index in [1.165, 1.54) is 0 Å². The Morgan fingerprint density at radius 2 is 2.37 bits per heavy atom. The van der Waals surface area contributed by atoms with Gasteiger partial charge in [-0.05, 0) is 24.8 Å². The molecule has 2 aromatic heterocycles. The smallest absolute Gasteiger partial charge is 0.133 e. The number of aromatic nitrogens is 2. The molecule has 0 radical (unpaired) electrons. The van der Waals surface area contributed by atoms with Crippen LogP contribution < -0.4 is 5.32 Å². The predicted molar refractivity (Wildman–Crippen MR) is 79.4 cm³/mol. The summed E-state index contributed by atoms with van der Waals surface area (Å²) in [6.07, 6.45) is 5.48. The monoisotopic (exact) mass is 279 g/mol. The van der Waals surface area contributed by atoms with Crippen LogP contribution in [0.1, 0.15) is 31.5 Å². The van der Waals surface area contributed by atoms with Gasteiger partial charge in [0.25, 0.3) is 0 Å². The van der Waals surface area contributed by atoms with Crippen molar-refractivity contribution in [2.45, 2.75) is 25.9 Å². The molecular weight excluding hydrogens is 258 g/mol. The molecule has 2 rings (SSSR count). The second-order valence-electron chi connectivity index (χ2n) is 4.57. The van der Waals surface area contributed by atoms with Crippen LogP contribution in [0.3, 0.4) is 0 Å². The molecule has 4 nitrogen and oxygen atoms in total. The molecule has 2 atom stereocenters. The molecule has 0 bridgehead atoms. The number of rotatable bonds is 7. The second kappa shape index (κ2) is 6.82. The molecular formula is C14H21N3OS. The number of thioether (sulfide) groups is 1. The first-order chi connectivity index (χ1) is 9.22. The molecule has 104 valence electrons. The largest absolute Gasteiger partial charge is 0.467 e. The van der Waals surface area contributed by atoms with Gasteiger partial charge in [0, 0.05) is 31.2 Å². The van der Waals surface area contributed by atoms with E-state index in [-0.39, 0.29) is 6.04 Å². The maximum atomic E-state index is 5.56. The summed E-state index contributed by atoms with van der Waals surface area (Å²) in [7, 11) is 2.01. The van der Waals surface area contributed by atoms with Crippen LogP contribution in [0.25, 0.3) is 0 Å². The molecule has 2 unspecified atom stereocenters. The van der Waals surface area contributed by atoms with Crippen LogP contribution in [0.5, 0.6) is 0 Å². The lowest BCUT2D eigenvalue weighted by atomic mass is 10.2. The molecule has 0 spiro atoms. The van der Waals surface area contributed by atoms with E-state index in [1.54, 1.807) is 6.26 Å². The zero-order valence-electron chi connectivity index (χ0n) is 11.7. The maximum absolute atomic E-state index is 5.56. The minimum atomic E-state index is 0.00227. The van der Waals surface area contributed by atoms with E-state index in [4.69, 9.17) is 4.42 Å². The van der Waals surface area contributed by atoms with Crippen molar-refractivity contribution in [3.05, 3.63) is 42.4 Å². The van der Waals surface area contributed by atoms with Crippen molar-refractivity contribution in [1.82, 2.24) is 14.9 Å². The molecule has 0 aliphatic carbocycles. The Labute approximate surface area is 118 Å². The minimum absolute atomic E-state index is 0.00227. The normalized spacial score (nSPS) is 14.5. The number of aryl methyl sites for hydroxylation is 1. The summed E-state index contributed by atoms with van der Waals surface area (Å²) in [6, 6.07) is 4.31. The fourth-order valence-electron chi connectivity index (χ4n) is 2.02. The van der Waals surface area contributed by atoms with Crippen molar-refractivity contribution < 1.29 is 4.42 Å². The third kappa shape index (κ3) is 3.64. The van der Waals surface area contributed by atoms with E-state index in [0.717, 1.165) is 23.1 Å². The first-order valence-corrected chi connectivity index (χ1v) is 7.72. The standard InChI is InChI=1S/C14H21N3OS/c1-4-19-10-11(2)16-13(12-6-5-9-18-12)14-15-7-8-17(14)3/h5-9,11,13,16H,4,10H2,1-3H3. The van der Waals surface area contributed by atoms with Crippen molar-refractivity contribution in [2.75, 3.05) is 11.5 Å². The van der Waals surface area contributed by atoms with Crippen molar-refractivity contribution in [2.24, 2.45) is 7.05 Å². The van der Waals surface area contributed by atoms with Crippen molar-refractivity contribution in [3.8, 4) is 0 Å². The summed E-state index contributed by atoms with van der Waals surface area (Å²) in [5.74, 6) is 4.10. The average molecular weight is 279 g/mol. The molecule has 0 saturated heterocycles. The van der Waals surface area contributed by atoms with Gasteiger partial charge in [-0.1, -0.05) is 6.92 Å². The molecule has 0 aliphatic heterocycles. The van der Waals surface area contributed by atoms with Gasteiger partial charge in [-0.3, -0.25) is 5.32 Å². The van der Waals surface area contributed by atoms with Crippen molar-refractivity contribution >= 4 is 11.8 Å². The Kier molecular flexibility index (Phi) is 5.10. The summed E-state index contributed by atoms with van der Waals surface area (Å²) >= 11 is 1.94. The van der Waals surface area contributed by atoms with Crippen LogP contribution in [-0.2, 0) is 7.05 Å². The zero-order valence-corrected chi connectivity index (χ0v) is 12.5. The first kappa shape index (κ1) is 14.2. The molecule has 0 fully saturated rings. The third-order valence-electron chi connectivity index (χ3n) is 2.97. The second-order valence-corrected chi connectivity index (χ2v) is 5.89. The summed E-state index contributed by atoms with van der Waals surface area (Å²) in [6.45, 7) is 4.38. The Morgan fingerprint density at radius 1 is 1.53 bits per heavy atom. The quantitative estimate of drug-likeness (QED) is 0.846. The lowest BCUT2D eigenvalue weighted by Crippen LogP contribution is -2.34. The SMILES string of the molecule is CCSCC(C)NC(c1ccco1)c1nccn1C. The minimum Gasteiger partial charge on any atom is -0.467 e.